The number of carbonyl (C=O) groups excluding carboxylic acids is 2. The van der Waals surface area contributed by atoms with Crippen LogP contribution in [-0.2, 0) is 25.7 Å². The van der Waals surface area contributed by atoms with Gasteiger partial charge in [0.05, 0.1) is 6.33 Å². The van der Waals surface area contributed by atoms with Crippen LogP contribution in [0.1, 0.15) is 12.8 Å². The third kappa shape index (κ3) is 6.66. The van der Waals surface area contributed by atoms with Crippen LogP contribution in [0, 0.1) is 0 Å². The van der Waals surface area contributed by atoms with E-state index in [0.717, 1.165) is 4.90 Å². The van der Waals surface area contributed by atoms with E-state index in [2.05, 4.69) is 32.9 Å². The molecule has 2 amide bonds. The molecule has 2 unspecified atom stereocenters. The highest BCUT2D eigenvalue weighted by Crippen LogP contribution is 2.11. The number of hydrogen-bond donors (Lipinski definition) is 7. The van der Waals surface area contributed by atoms with Crippen molar-refractivity contribution < 1.29 is 29.4 Å². The molecule has 0 fully saturated rings. The van der Waals surface area contributed by atoms with E-state index in [4.69, 9.17) is 21.7 Å². The van der Waals surface area contributed by atoms with Gasteiger partial charge in [0.1, 0.15) is 18.6 Å². The second-order valence-electron chi connectivity index (χ2n) is 6.94. The maximum Gasteiger partial charge on any atom is 0.322 e. The van der Waals surface area contributed by atoms with Crippen molar-refractivity contribution in [2.24, 2.45) is 5.73 Å². The smallest absolute Gasteiger partial charge is 0.322 e. The van der Waals surface area contributed by atoms with Gasteiger partial charge in [-0.25, -0.2) is 4.98 Å². The van der Waals surface area contributed by atoms with Gasteiger partial charge >= 0.3 is 11.9 Å². The van der Waals surface area contributed by atoms with E-state index in [0.29, 0.717) is 0 Å². The molecule has 0 aliphatic heterocycles. The Morgan fingerprint density at radius 2 is 2.00 bits per heavy atom. The van der Waals surface area contributed by atoms with Gasteiger partial charge in [-0.15, -0.1) is 0 Å². The topological polar surface area (TPSA) is 240 Å². The maximum absolute atomic E-state index is 12.9. The van der Waals surface area contributed by atoms with Crippen molar-refractivity contribution in [3.63, 3.8) is 0 Å². The van der Waals surface area contributed by atoms with Crippen molar-refractivity contribution in [3.8, 4) is 0 Å². The number of carbonyl (C=O) groups is 4. The molecule has 2 aromatic heterocycles. The van der Waals surface area contributed by atoms with Crippen LogP contribution in [0.15, 0.2) is 11.1 Å². The molecule has 15 nitrogen and oxygen atoms in total. The van der Waals surface area contributed by atoms with Crippen LogP contribution < -0.4 is 22.3 Å². The number of carboxylic acids is 2. The van der Waals surface area contributed by atoms with E-state index in [-0.39, 0.29) is 48.8 Å². The third-order valence-corrected chi connectivity index (χ3v) is 5.00. The fourth-order valence-corrected chi connectivity index (χ4v) is 3.35. The van der Waals surface area contributed by atoms with Gasteiger partial charge in [-0.2, -0.15) is 17.6 Å². The third-order valence-electron chi connectivity index (χ3n) is 4.66. The minimum Gasteiger partial charge on any atom is -0.480 e. The second-order valence-corrected chi connectivity index (χ2v) is 7.31. The molecular weight excluding hydrogens is 460 g/mol. The van der Waals surface area contributed by atoms with Crippen molar-refractivity contribution in [1.82, 2.24) is 29.7 Å². The van der Waals surface area contributed by atoms with Crippen molar-refractivity contribution in [2.45, 2.75) is 31.5 Å². The number of thiol groups is 1. The summed E-state index contributed by atoms with van der Waals surface area (Å²) in [5.74, 6) is -4.18. The number of carboxylic acid groups (broad SMARTS) is 2. The molecule has 0 bridgehead atoms. The quantitative estimate of drug-likeness (QED) is 0.152. The van der Waals surface area contributed by atoms with Crippen molar-refractivity contribution in [2.75, 3.05) is 24.6 Å². The Morgan fingerprint density at radius 1 is 1.30 bits per heavy atom. The molecule has 0 saturated carbocycles. The fourth-order valence-electron chi connectivity index (χ4n) is 2.99. The zero-order valence-corrected chi connectivity index (χ0v) is 18.2. The lowest BCUT2D eigenvalue weighted by Crippen LogP contribution is -2.52. The first-order valence-corrected chi connectivity index (χ1v) is 10.3. The first-order chi connectivity index (χ1) is 15.5. The number of nitrogens with one attached hydrogen (secondary N) is 2. The Hall–Kier alpha value is -3.66. The molecular formula is C17H24N8O7S. The number of anilines is 1. The molecule has 33 heavy (non-hydrogen) atoms. The molecule has 0 aliphatic rings. The molecule has 0 aliphatic carbocycles. The Balaban J connectivity index is 2.26. The SMILES string of the molecule is Nc1nc2ncn(CCN(C(=O)CCC(N)C(=O)O)C(CS)C(=O)NCC(=O)O)c2c(=O)[nH]1. The number of amides is 2. The molecule has 180 valence electrons. The number of aromatic nitrogens is 4. The Labute approximate surface area is 191 Å². The lowest BCUT2D eigenvalue weighted by molar-refractivity contribution is -0.142. The van der Waals surface area contributed by atoms with Crippen LogP contribution in [0.4, 0.5) is 5.95 Å². The predicted octanol–water partition coefficient (Wildman–Crippen LogP) is -2.78. The minimum atomic E-state index is -1.28. The first kappa shape index (κ1) is 25.6. The molecule has 8 N–H and O–H groups in total. The molecule has 16 heteroatoms. The van der Waals surface area contributed by atoms with E-state index < -0.39 is 47.9 Å². The molecule has 0 saturated heterocycles. The summed E-state index contributed by atoms with van der Waals surface area (Å²) >= 11 is 4.11. The van der Waals surface area contributed by atoms with Crippen LogP contribution in [0.2, 0.25) is 0 Å². The summed E-state index contributed by atoms with van der Waals surface area (Å²) < 4.78 is 1.41. The minimum absolute atomic E-state index is 0.0123. The van der Waals surface area contributed by atoms with Crippen LogP contribution in [0.5, 0.6) is 0 Å². The van der Waals surface area contributed by atoms with Crippen LogP contribution in [-0.4, -0.2) is 89.3 Å². The molecule has 2 atom stereocenters. The number of nitrogens with zero attached hydrogens (tertiary/aromatic N) is 4. The van der Waals surface area contributed by atoms with Crippen LogP contribution >= 0.6 is 12.6 Å². The largest absolute Gasteiger partial charge is 0.480 e. The summed E-state index contributed by atoms with van der Waals surface area (Å²) in [6, 6.07) is -2.44. The number of aromatic amines is 1. The zero-order chi connectivity index (χ0) is 24.7. The Morgan fingerprint density at radius 3 is 2.61 bits per heavy atom. The summed E-state index contributed by atoms with van der Waals surface area (Å²) in [5.41, 5.74) is 10.6. The normalized spacial score (nSPS) is 12.8. The number of hydrogen-bond acceptors (Lipinski definition) is 10. The summed E-state index contributed by atoms with van der Waals surface area (Å²) in [6.45, 7) is -0.760. The first-order valence-electron chi connectivity index (χ1n) is 9.64. The van der Waals surface area contributed by atoms with E-state index in [9.17, 15) is 24.0 Å². The Kier molecular flexibility index (Phi) is 8.75. The van der Waals surface area contributed by atoms with E-state index in [1.807, 2.05) is 0 Å². The highest BCUT2D eigenvalue weighted by Gasteiger charge is 2.29. The molecule has 0 aromatic carbocycles. The van der Waals surface area contributed by atoms with Crippen LogP contribution in [0.25, 0.3) is 11.2 Å². The van der Waals surface area contributed by atoms with Gasteiger partial charge in [0.15, 0.2) is 11.2 Å². The summed E-state index contributed by atoms with van der Waals surface area (Å²) in [5, 5.41) is 19.9. The molecule has 0 radical (unpaired) electrons. The molecule has 2 heterocycles. The number of fused-ring (bicyclic) bond motifs is 1. The van der Waals surface area contributed by atoms with Crippen molar-refractivity contribution in [1.29, 1.82) is 0 Å². The predicted molar refractivity (Wildman–Crippen MR) is 117 cm³/mol. The second kappa shape index (κ2) is 11.3. The maximum atomic E-state index is 12.9. The van der Waals surface area contributed by atoms with Gasteiger partial charge in [0.2, 0.25) is 17.8 Å². The number of nitrogen functional groups attached to an aromatic ring is 1. The van der Waals surface area contributed by atoms with Gasteiger partial charge < -0.3 is 36.5 Å². The molecule has 2 aromatic rings. The number of imidazole rings is 1. The Bertz CT molecular complexity index is 1100. The number of rotatable bonds is 12. The number of nitrogens with two attached hydrogens (primary N) is 2. The van der Waals surface area contributed by atoms with Gasteiger partial charge in [-0.05, 0) is 6.42 Å². The summed E-state index contributed by atoms with van der Waals surface area (Å²) in [4.78, 5) is 70.7. The number of aliphatic carboxylic acids is 2. The highest BCUT2D eigenvalue weighted by molar-refractivity contribution is 7.80. The van der Waals surface area contributed by atoms with Crippen LogP contribution in [0.3, 0.4) is 0 Å². The van der Waals surface area contributed by atoms with E-state index in [1.165, 1.54) is 10.9 Å². The van der Waals surface area contributed by atoms with Gasteiger partial charge in [0.25, 0.3) is 5.56 Å². The average molecular weight is 484 g/mol. The van der Waals surface area contributed by atoms with Crippen molar-refractivity contribution >= 4 is 53.5 Å². The van der Waals surface area contributed by atoms with Gasteiger partial charge in [0, 0.05) is 25.3 Å². The highest BCUT2D eigenvalue weighted by atomic mass is 32.1. The lowest BCUT2D eigenvalue weighted by atomic mass is 10.1. The zero-order valence-electron chi connectivity index (χ0n) is 17.3. The fraction of sp³-hybridized carbons (Fsp3) is 0.471. The van der Waals surface area contributed by atoms with Gasteiger partial charge in [-0.3, -0.25) is 29.0 Å². The lowest BCUT2D eigenvalue weighted by Gasteiger charge is -2.30. The van der Waals surface area contributed by atoms with E-state index in [1.54, 1.807) is 0 Å². The van der Waals surface area contributed by atoms with E-state index >= 15 is 0 Å². The molecule has 2 rings (SSSR count). The van der Waals surface area contributed by atoms with Crippen molar-refractivity contribution in [3.05, 3.63) is 16.7 Å². The molecule has 0 spiro atoms. The summed E-state index contributed by atoms with van der Waals surface area (Å²) in [7, 11) is 0. The number of H-pyrrole nitrogens is 1. The van der Waals surface area contributed by atoms with Gasteiger partial charge in [-0.1, -0.05) is 0 Å². The standard InChI is InChI=1S/C17H24N8O7S/c18-8(16(31)32)1-2-10(26)25(9(6-33)14(29)20-5-11(27)28)4-3-24-7-21-13-12(24)15(30)23-17(19)22-13/h7-9,33H,1-6,18H2,(H,20,29)(H,27,28)(H,31,32)(H3,19,22,23,30). The summed E-state index contributed by atoms with van der Waals surface area (Å²) in [6.07, 6.45) is 0.848. The average Bonchev–Trinajstić information content (AvgIpc) is 3.15. The monoisotopic (exact) mass is 484 g/mol.